The van der Waals surface area contributed by atoms with E-state index in [9.17, 15) is 4.79 Å². The number of amides is 1. The van der Waals surface area contributed by atoms with Gasteiger partial charge in [0.15, 0.2) is 0 Å². The van der Waals surface area contributed by atoms with Gasteiger partial charge in [0.05, 0.1) is 13.2 Å². The van der Waals surface area contributed by atoms with Crippen LogP contribution < -0.4 is 4.74 Å². The Kier molecular flexibility index (Phi) is 6.28. The molecule has 1 fully saturated rings. The Bertz CT molecular complexity index is 705. The zero-order valence-electron chi connectivity index (χ0n) is 15.6. The van der Waals surface area contributed by atoms with Gasteiger partial charge in [-0.15, -0.1) is 0 Å². The smallest absolute Gasteiger partial charge is 0.272 e. The molecule has 2 aromatic rings. The molecular weight excluding hydrogens is 330 g/mol. The fraction of sp³-hybridized carbons (Fsp3) is 0.500. The molecule has 1 saturated heterocycles. The summed E-state index contributed by atoms with van der Waals surface area (Å²) < 4.78 is 12.7. The van der Waals surface area contributed by atoms with Crippen LogP contribution in [0.15, 0.2) is 36.5 Å². The maximum Gasteiger partial charge on any atom is 0.272 e. The topological polar surface area (TPSA) is 56.6 Å². The van der Waals surface area contributed by atoms with Crippen molar-refractivity contribution in [2.45, 2.75) is 38.8 Å². The fourth-order valence-corrected chi connectivity index (χ4v) is 3.29. The van der Waals surface area contributed by atoms with Crippen LogP contribution in [0.3, 0.4) is 0 Å². The maximum absolute atomic E-state index is 13.1. The molecule has 0 unspecified atom stereocenters. The number of rotatable bonds is 8. The summed E-state index contributed by atoms with van der Waals surface area (Å²) in [4.78, 5) is 15.0. The second-order valence-electron chi connectivity index (χ2n) is 6.52. The molecule has 1 aliphatic rings. The summed E-state index contributed by atoms with van der Waals surface area (Å²) in [5.74, 6) is 0.862. The van der Waals surface area contributed by atoms with E-state index in [1.54, 1.807) is 24.1 Å². The highest BCUT2D eigenvalue weighted by Crippen LogP contribution is 2.17. The van der Waals surface area contributed by atoms with Gasteiger partial charge in [0.1, 0.15) is 11.4 Å². The molecule has 1 aromatic heterocycles. The van der Waals surface area contributed by atoms with E-state index in [0.29, 0.717) is 25.3 Å². The van der Waals surface area contributed by atoms with Crippen molar-refractivity contribution >= 4 is 5.91 Å². The van der Waals surface area contributed by atoms with Crippen molar-refractivity contribution in [3.8, 4) is 5.75 Å². The molecule has 3 rings (SSSR count). The van der Waals surface area contributed by atoms with E-state index in [-0.39, 0.29) is 12.0 Å². The summed E-state index contributed by atoms with van der Waals surface area (Å²) in [5, 5.41) is 4.23. The number of aryl methyl sites for hydroxylation is 1. The van der Waals surface area contributed by atoms with Crippen molar-refractivity contribution in [3.05, 3.63) is 47.8 Å². The molecule has 0 radical (unpaired) electrons. The summed E-state index contributed by atoms with van der Waals surface area (Å²) in [6.07, 6.45) is 4.69. The molecule has 1 amide bonds. The third kappa shape index (κ3) is 4.43. The molecule has 0 saturated carbocycles. The van der Waals surface area contributed by atoms with Crippen molar-refractivity contribution in [1.82, 2.24) is 14.7 Å². The average Bonchev–Trinajstić information content (AvgIpc) is 3.36. The first-order chi connectivity index (χ1) is 12.7. The molecule has 1 atom stereocenters. The van der Waals surface area contributed by atoms with Crippen LogP contribution in [0.5, 0.6) is 5.75 Å². The van der Waals surface area contributed by atoms with E-state index in [0.717, 1.165) is 31.6 Å². The zero-order chi connectivity index (χ0) is 18.4. The minimum atomic E-state index is 0.0216. The van der Waals surface area contributed by atoms with Gasteiger partial charge in [-0.25, -0.2) is 0 Å². The molecule has 1 aliphatic heterocycles. The van der Waals surface area contributed by atoms with Gasteiger partial charge in [0, 0.05) is 32.4 Å². The third-order valence-corrected chi connectivity index (χ3v) is 4.80. The van der Waals surface area contributed by atoms with Crippen molar-refractivity contribution in [2.24, 2.45) is 0 Å². The van der Waals surface area contributed by atoms with Crippen molar-refractivity contribution in [1.29, 1.82) is 0 Å². The number of aromatic nitrogens is 2. The lowest BCUT2D eigenvalue weighted by molar-refractivity contribution is 0.0519. The number of benzene rings is 1. The minimum absolute atomic E-state index is 0.0216. The number of ether oxygens (including phenoxy) is 2. The van der Waals surface area contributed by atoms with E-state index in [1.807, 2.05) is 36.1 Å². The quantitative estimate of drug-likeness (QED) is 0.729. The molecule has 26 heavy (non-hydrogen) atoms. The van der Waals surface area contributed by atoms with Gasteiger partial charge in [-0.2, -0.15) is 5.10 Å². The second-order valence-corrected chi connectivity index (χ2v) is 6.52. The lowest BCUT2D eigenvalue weighted by Crippen LogP contribution is -2.39. The molecular formula is C20H27N3O3. The molecule has 6 heteroatoms. The highest BCUT2D eigenvalue weighted by atomic mass is 16.5. The van der Waals surface area contributed by atoms with Crippen LogP contribution in [0, 0.1) is 0 Å². The average molecular weight is 357 g/mol. The largest absolute Gasteiger partial charge is 0.497 e. The Labute approximate surface area is 154 Å². The van der Waals surface area contributed by atoms with Crippen molar-refractivity contribution in [2.75, 3.05) is 26.8 Å². The predicted molar refractivity (Wildman–Crippen MR) is 99.5 cm³/mol. The van der Waals surface area contributed by atoms with Crippen LogP contribution in [0.2, 0.25) is 0 Å². The van der Waals surface area contributed by atoms with Gasteiger partial charge >= 0.3 is 0 Å². The number of hydrogen-bond donors (Lipinski definition) is 0. The van der Waals surface area contributed by atoms with Crippen LogP contribution >= 0.6 is 0 Å². The second kappa shape index (κ2) is 8.85. The molecule has 1 aromatic carbocycles. The number of methoxy groups -OCH3 is 1. The summed E-state index contributed by atoms with van der Waals surface area (Å²) in [5.41, 5.74) is 1.82. The summed E-state index contributed by atoms with van der Waals surface area (Å²) in [6, 6.07) is 9.79. The SMILES string of the molecule is CCn1nccc1C(=O)N(CCc1ccc(OC)cc1)C[C@H]1CCCO1. The Balaban J connectivity index is 1.70. The first kappa shape index (κ1) is 18.5. The highest BCUT2D eigenvalue weighted by molar-refractivity contribution is 5.92. The normalized spacial score (nSPS) is 16.6. The van der Waals surface area contributed by atoms with Crippen molar-refractivity contribution in [3.63, 3.8) is 0 Å². The Hall–Kier alpha value is -2.34. The van der Waals surface area contributed by atoms with Crippen molar-refractivity contribution < 1.29 is 14.3 Å². The Morgan fingerprint density at radius 2 is 2.15 bits per heavy atom. The van der Waals surface area contributed by atoms with Gasteiger partial charge in [-0.3, -0.25) is 9.48 Å². The van der Waals surface area contributed by atoms with Gasteiger partial charge in [0.2, 0.25) is 0 Å². The van der Waals surface area contributed by atoms with Gasteiger partial charge in [0.25, 0.3) is 5.91 Å². The van der Waals surface area contributed by atoms with E-state index < -0.39 is 0 Å². The monoisotopic (exact) mass is 357 g/mol. The van der Waals surface area contributed by atoms with Crippen LogP contribution in [-0.2, 0) is 17.7 Å². The highest BCUT2D eigenvalue weighted by Gasteiger charge is 2.25. The van der Waals surface area contributed by atoms with Gasteiger partial charge < -0.3 is 14.4 Å². The van der Waals surface area contributed by atoms with E-state index in [4.69, 9.17) is 9.47 Å². The minimum Gasteiger partial charge on any atom is -0.497 e. The Morgan fingerprint density at radius 3 is 2.81 bits per heavy atom. The molecule has 2 heterocycles. The Morgan fingerprint density at radius 1 is 1.35 bits per heavy atom. The first-order valence-corrected chi connectivity index (χ1v) is 9.27. The lowest BCUT2D eigenvalue weighted by Gasteiger charge is -2.26. The van der Waals surface area contributed by atoms with Crippen LogP contribution in [-0.4, -0.2) is 53.5 Å². The van der Waals surface area contributed by atoms with Crippen LogP contribution in [0.1, 0.15) is 35.8 Å². The molecule has 0 N–H and O–H groups in total. The standard InChI is InChI=1S/C20H27N3O3/c1-3-23-19(10-12-21-23)20(24)22(15-18-5-4-14-26-18)13-11-16-6-8-17(25-2)9-7-16/h6-10,12,18H,3-5,11,13-15H2,1-2H3/t18-/m1/s1. The maximum atomic E-state index is 13.1. The molecule has 140 valence electrons. The van der Waals surface area contributed by atoms with Crippen LogP contribution in [0.25, 0.3) is 0 Å². The van der Waals surface area contributed by atoms with Crippen LogP contribution in [0.4, 0.5) is 0 Å². The van der Waals surface area contributed by atoms with Gasteiger partial charge in [-0.05, 0) is 49.9 Å². The first-order valence-electron chi connectivity index (χ1n) is 9.27. The zero-order valence-corrected chi connectivity index (χ0v) is 15.6. The molecule has 0 aliphatic carbocycles. The third-order valence-electron chi connectivity index (χ3n) is 4.80. The van der Waals surface area contributed by atoms with E-state index in [2.05, 4.69) is 5.10 Å². The number of nitrogens with zero attached hydrogens (tertiary/aromatic N) is 3. The van der Waals surface area contributed by atoms with Gasteiger partial charge in [-0.1, -0.05) is 12.1 Å². The summed E-state index contributed by atoms with van der Waals surface area (Å²) in [7, 11) is 1.66. The molecule has 0 bridgehead atoms. The number of carbonyl (C=O) groups excluding carboxylic acids is 1. The van der Waals surface area contributed by atoms with E-state index >= 15 is 0 Å². The fourth-order valence-electron chi connectivity index (χ4n) is 3.29. The lowest BCUT2D eigenvalue weighted by atomic mass is 10.1. The molecule has 0 spiro atoms. The van der Waals surface area contributed by atoms with E-state index in [1.165, 1.54) is 5.56 Å². The number of hydrogen-bond acceptors (Lipinski definition) is 4. The predicted octanol–water partition coefficient (Wildman–Crippen LogP) is 2.78. The summed E-state index contributed by atoms with van der Waals surface area (Å²) in [6.45, 7) is 4.74. The number of carbonyl (C=O) groups is 1. The molecule has 6 nitrogen and oxygen atoms in total. The summed E-state index contributed by atoms with van der Waals surface area (Å²) >= 11 is 0.